The summed E-state index contributed by atoms with van der Waals surface area (Å²) in [4.78, 5) is 10.8. The van der Waals surface area contributed by atoms with Gasteiger partial charge >= 0.3 is 6.36 Å². The summed E-state index contributed by atoms with van der Waals surface area (Å²) in [7, 11) is 0. The number of hydrogen-bond donors (Lipinski definition) is 0. The summed E-state index contributed by atoms with van der Waals surface area (Å²) in [5, 5.41) is 5.98. The second-order valence-corrected chi connectivity index (χ2v) is 12.7. The maximum Gasteiger partial charge on any atom is 0.573 e. The smallest absolute Gasteiger partial charge is 0.403 e. The normalized spacial score (nSPS) is 18.8. The van der Waals surface area contributed by atoms with E-state index in [9.17, 15) is 13.2 Å². The molecule has 7 rings (SSSR count). The Balaban J connectivity index is 1.13. The highest BCUT2D eigenvalue weighted by molar-refractivity contribution is 7.22. The Kier molecular flexibility index (Phi) is 6.11. The topological polar surface area (TPSA) is 64.3 Å². The fourth-order valence-corrected chi connectivity index (χ4v) is 7.52. The zero-order valence-corrected chi connectivity index (χ0v) is 23.6. The van der Waals surface area contributed by atoms with Crippen molar-refractivity contribution >= 4 is 55.5 Å². The first-order chi connectivity index (χ1) is 19.1. The molecule has 0 unspecified atom stereocenters. The van der Waals surface area contributed by atoms with Gasteiger partial charge in [-0.1, -0.05) is 45.8 Å². The number of rotatable bonds is 5. The number of ether oxygens (including phenoxy) is 1. The summed E-state index contributed by atoms with van der Waals surface area (Å²) >= 11 is 14.4. The number of allylic oxidation sites excluding steroid dienone is 2. The highest BCUT2D eigenvalue weighted by Crippen LogP contribution is 2.56. The monoisotopic (exact) mass is 606 g/mol. The average Bonchev–Trinajstić information content (AvgIpc) is 3.48. The molecule has 3 aromatic heterocycles. The van der Waals surface area contributed by atoms with Crippen LogP contribution >= 0.6 is 34.5 Å². The number of alkyl halides is 3. The Morgan fingerprint density at radius 2 is 1.80 bits per heavy atom. The molecule has 1 aliphatic heterocycles. The number of fused-ring (bicyclic) bond motifs is 1. The van der Waals surface area contributed by atoms with Crippen LogP contribution in [0.15, 0.2) is 35.1 Å². The Bertz CT molecular complexity index is 1650. The number of aromatic nitrogens is 3. The molecule has 208 valence electrons. The minimum Gasteiger partial charge on any atom is -0.403 e. The Morgan fingerprint density at radius 3 is 2.45 bits per heavy atom. The van der Waals surface area contributed by atoms with Gasteiger partial charge in [0.1, 0.15) is 17.0 Å². The molecule has 2 fully saturated rings. The van der Waals surface area contributed by atoms with Crippen LogP contribution in [0.5, 0.6) is 5.75 Å². The highest BCUT2D eigenvalue weighted by atomic mass is 35.5. The van der Waals surface area contributed by atoms with E-state index in [4.69, 9.17) is 27.7 Å². The zero-order valence-electron chi connectivity index (χ0n) is 21.3. The molecule has 2 aliphatic carbocycles. The molecule has 4 aromatic rings. The molecule has 0 atom stereocenters. The zero-order chi connectivity index (χ0) is 27.8. The van der Waals surface area contributed by atoms with Gasteiger partial charge in [0.25, 0.3) is 0 Å². The van der Waals surface area contributed by atoms with Crippen molar-refractivity contribution in [3.05, 3.63) is 57.5 Å². The molecule has 1 saturated carbocycles. The van der Waals surface area contributed by atoms with Crippen molar-refractivity contribution in [2.45, 2.75) is 51.3 Å². The van der Waals surface area contributed by atoms with Crippen molar-refractivity contribution in [3.63, 3.8) is 0 Å². The molecule has 3 aliphatic rings. The third-order valence-electron chi connectivity index (χ3n) is 7.95. The molecule has 4 heterocycles. The predicted octanol–water partition coefficient (Wildman–Crippen LogP) is 8.81. The Morgan fingerprint density at radius 1 is 1.10 bits per heavy atom. The molecule has 12 heteroatoms. The first kappa shape index (κ1) is 26.1. The van der Waals surface area contributed by atoms with Crippen LogP contribution in [0.3, 0.4) is 0 Å². The molecule has 1 spiro atoms. The van der Waals surface area contributed by atoms with E-state index in [-0.39, 0.29) is 16.7 Å². The average molecular weight is 607 g/mol. The fraction of sp³-hybridized carbons (Fsp3) is 0.393. The van der Waals surface area contributed by atoms with Crippen LogP contribution in [0.1, 0.15) is 54.9 Å². The predicted molar refractivity (Wildman–Crippen MR) is 149 cm³/mol. The lowest BCUT2D eigenvalue weighted by Gasteiger charge is -2.46. The standard InChI is InChI=1S/C28H23Cl2F3N4O2S/c1-14-8-19(38-28(31,32)33)23-20(9-14)40-26(35-23)37-6-4-27(5-7-37)10-16(11-27)21-24(36-39-25(21)15-2-3-15)22-17(29)12-34-13-18(22)30/h8-10,12-13,15H,2-7,11H2,1H3. The van der Waals surface area contributed by atoms with Crippen LogP contribution in [-0.2, 0) is 0 Å². The summed E-state index contributed by atoms with van der Waals surface area (Å²) < 4.78 is 49.7. The van der Waals surface area contributed by atoms with Gasteiger partial charge in [-0.05, 0) is 67.7 Å². The molecule has 6 nitrogen and oxygen atoms in total. The van der Waals surface area contributed by atoms with Crippen LogP contribution in [0.4, 0.5) is 18.3 Å². The van der Waals surface area contributed by atoms with E-state index in [1.165, 1.54) is 23.0 Å². The number of piperidine rings is 1. The van der Waals surface area contributed by atoms with Crippen LogP contribution in [-0.4, -0.2) is 34.6 Å². The SMILES string of the molecule is Cc1cc(OC(F)(F)F)c2nc(N3CCC4(C=C(c5c(-c6c(Cl)cncc6Cl)noc5C5CC5)C4)CC3)sc2c1. The van der Waals surface area contributed by atoms with Crippen LogP contribution in [0, 0.1) is 12.3 Å². The number of nitrogens with zero attached hydrogens (tertiary/aromatic N) is 4. The molecule has 0 bridgehead atoms. The van der Waals surface area contributed by atoms with Crippen molar-refractivity contribution in [1.82, 2.24) is 15.1 Å². The first-order valence-electron chi connectivity index (χ1n) is 13.0. The van der Waals surface area contributed by atoms with E-state index in [2.05, 4.69) is 30.8 Å². The second kappa shape index (κ2) is 9.36. The van der Waals surface area contributed by atoms with Gasteiger partial charge in [0.15, 0.2) is 10.9 Å². The van der Waals surface area contributed by atoms with Gasteiger partial charge in [0, 0.05) is 42.5 Å². The van der Waals surface area contributed by atoms with Gasteiger partial charge in [-0.2, -0.15) is 0 Å². The van der Waals surface area contributed by atoms with Gasteiger partial charge < -0.3 is 14.2 Å². The van der Waals surface area contributed by atoms with Crippen molar-refractivity contribution in [1.29, 1.82) is 0 Å². The number of hydrogen-bond acceptors (Lipinski definition) is 7. The van der Waals surface area contributed by atoms with E-state index in [0.717, 1.165) is 56.5 Å². The lowest BCUT2D eigenvalue weighted by atomic mass is 9.63. The number of benzene rings is 1. The number of thiazole rings is 1. The maximum absolute atomic E-state index is 13.0. The molecular weight excluding hydrogens is 584 g/mol. The van der Waals surface area contributed by atoms with Crippen molar-refractivity contribution < 1.29 is 22.4 Å². The molecule has 1 saturated heterocycles. The Hall–Kier alpha value is -2.82. The second-order valence-electron chi connectivity index (χ2n) is 10.9. The van der Waals surface area contributed by atoms with Crippen molar-refractivity contribution in [2.75, 3.05) is 18.0 Å². The van der Waals surface area contributed by atoms with Gasteiger partial charge in [0.2, 0.25) is 0 Å². The lowest BCUT2D eigenvalue weighted by molar-refractivity contribution is -0.274. The highest BCUT2D eigenvalue weighted by Gasteiger charge is 2.44. The summed E-state index contributed by atoms with van der Waals surface area (Å²) in [5.41, 5.74) is 4.49. The third kappa shape index (κ3) is 4.63. The lowest BCUT2D eigenvalue weighted by Crippen LogP contribution is -2.42. The largest absolute Gasteiger partial charge is 0.573 e. The maximum atomic E-state index is 13.0. The van der Waals surface area contributed by atoms with E-state index in [1.807, 2.05) is 6.07 Å². The first-order valence-corrected chi connectivity index (χ1v) is 14.6. The molecule has 0 amide bonds. The van der Waals surface area contributed by atoms with Gasteiger partial charge in [-0.15, -0.1) is 13.2 Å². The molecular formula is C28H23Cl2F3N4O2S. The summed E-state index contributed by atoms with van der Waals surface area (Å²) in [5.74, 6) is 1.01. The third-order valence-corrected chi connectivity index (χ3v) is 9.59. The van der Waals surface area contributed by atoms with Crippen LogP contribution in [0.25, 0.3) is 27.0 Å². The van der Waals surface area contributed by atoms with Gasteiger partial charge in [-0.25, -0.2) is 4.98 Å². The minimum atomic E-state index is -4.77. The molecule has 0 radical (unpaired) electrons. The number of pyridine rings is 1. The Labute approximate surface area is 241 Å². The van der Waals surface area contributed by atoms with E-state index < -0.39 is 6.36 Å². The van der Waals surface area contributed by atoms with E-state index in [0.29, 0.717) is 42.6 Å². The van der Waals surface area contributed by atoms with E-state index in [1.54, 1.807) is 19.3 Å². The number of aryl methyl sites for hydroxylation is 1. The molecule has 40 heavy (non-hydrogen) atoms. The minimum absolute atomic E-state index is 0.0465. The number of halogens is 5. The van der Waals surface area contributed by atoms with Gasteiger partial charge in [0.05, 0.1) is 14.7 Å². The summed E-state index contributed by atoms with van der Waals surface area (Å²) in [6, 6.07) is 3.23. The molecule has 1 aromatic carbocycles. The summed E-state index contributed by atoms with van der Waals surface area (Å²) in [6.07, 6.45) is 5.55. The fourth-order valence-electron chi connectivity index (χ4n) is 5.85. The number of anilines is 1. The van der Waals surface area contributed by atoms with Gasteiger partial charge in [-0.3, -0.25) is 4.98 Å². The summed E-state index contributed by atoms with van der Waals surface area (Å²) in [6.45, 7) is 3.26. The van der Waals surface area contributed by atoms with Crippen molar-refractivity contribution in [3.8, 4) is 17.0 Å². The molecule has 0 N–H and O–H groups in total. The van der Waals surface area contributed by atoms with Crippen molar-refractivity contribution in [2.24, 2.45) is 5.41 Å². The van der Waals surface area contributed by atoms with Crippen LogP contribution < -0.4 is 9.64 Å². The van der Waals surface area contributed by atoms with Crippen LogP contribution in [0.2, 0.25) is 10.0 Å². The quantitative estimate of drug-likeness (QED) is 0.226. The van der Waals surface area contributed by atoms with E-state index >= 15 is 0 Å².